The average molecular weight is 257 g/mol. The van der Waals surface area contributed by atoms with Crippen molar-refractivity contribution in [2.45, 2.75) is 31.0 Å². The van der Waals surface area contributed by atoms with Crippen LogP contribution in [0.15, 0.2) is 18.2 Å². The number of amides is 1. The molecule has 0 bridgehead atoms. The first-order valence-corrected chi connectivity index (χ1v) is 5.63. The maximum Gasteiger partial charge on any atom is 0.418 e. The van der Waals surface area contributed by atoms with E-state index in [1.54, 1.807) is 0 Å². The second-order valence-electron chi connectivity index (χ2n) is 4.58. The van der Waals surface area contributed by atoms with Gasteiger partial charge in [0.1, 0.15) is 5.75 Å². The van der Waals surface area contributed by atoms with Crippen LogP contribution in [-0.2, 0) is 11.0 Å². The van der Waals surface area contributed by atoms with Crippen LogP contribution in [0, 0.1) is 0 Å². The summed E-state index contributed by atoms with van der Waals surface area (Å²) in [7, 11) is 0. The van der Waals surface area contributed by atoms with E-state index in [1.807, 2.05) is 0 Å². The molecule has 1 fully saturated rings. The van der Waals surface area contributed by atoms with E-state index in [2.05, 4.69) is 5.32 Å². The minimum atomic E-state index is -4.51. The van der Waals surface area contributed by atoms with E-state index in [1.165, 1.54) is 12.1 Å². The first-order chi connectivity index (χ1) is 8.42. The van der Waals surface area contributed by atoms with Gasteiger partial charge in [-0.25, -0.2) is 0 Å². The lowest BCUT2D eigenvalue weighted by molar-refractivity contribution is -0.142. The van der Waals surface area contributed by atoms with Gasteiger partial charge in [0.2, 0.25) is 0 Å². The minimum absolute atomic E-state index is 0.101. The van der Waals surface area contributed by atoms with Gasteiger partial charge in [0.05, 0.1) is 11.3 Å². The fourth-order valence-corrected chi connectivity index (χ4v) is 2.29. The van der Waals surface area contributed by atoms with Crippen molar-refractivity contribution in [2.24, 2.45) is 0 Å². The number of halogens is 3. The molecule has 1 heterocycles. The van der Waals surface area contributed by atoms with Gasteiger partial charge in [-0.3, -0.25) is 4.79 Å². The molecule has 1 N–H and O–H groups in total. The molecule has 1 saturated carbocycles. The Morgan fingerprint density at radius 1 is 1.28 bits per heavy atom. The number of anilines is 1. The quantitative estimate of drug-likeness (QED) is 0.776. The van der Waals surface area contributed by atoms with E-state index in [9.17, 15) is 18.0 Å². The van der Waals surface area contributed by atoms with Crippen LogP contribution < -0.4 is 10.1 Å². The van der Waals surface area contributed by atoms with E-state index in [-0.39, 0.29) is 11.4 Å². The monoisotopic (exact) mass is 257 g/mol. The molecule has 1 spiro atoms. The molecule has 0 radical (unpaired) electrons. The number of para-hydroxylation sites is 1. The standard InChI is InChI=1S/C12H10F3NO2/c13-12(14,15)7-3-1-4-8-9(7)16-10(17)11(18-8)5-2-6-11/h1,3-4H,2,5-6H2,(H,16,17). The normalized spacial score (nSPS) is 20.7. The lowest BCUT2D eigenvalue weighted by Gasteiger charge is -2.43. The van der Waals surface area contributed by atoms with Gasteiger partial charge in [-0.2, -0.15) is 13.2 Å². The van der Waals surface area contributed by atoms with Crippen LogP contribution in [0.4, 0.5) is 18.9 Å². The van der Waals surface area contributed by atoms with Gasteiger partial charge in [-0.15, -0.1) is 0 Å². The van der Waals surface area contributed by atoms with Crippen LogP contribution in [0.1, 0.15) is 24.8 Å². The van der Waals surface area contributed by atoms with Crippen molar-refractivity contribution in [3.63, 3.8) is 0 Å². The fraction of sp³-hybridized carbons (Fsp3) is 0.417. The molecule has 0 unspecified atom stereocenters. The molecule has 1 aliphatic heterocycles. The maximum absolute atomic E-state index is 12.8. The zero-order valence-corrected chi connectivity index (χ0v) is 9.30. The van der Waals surface area contributed by atoms with Gasteiger partial charge in [-0.05, 0) is 31.4 Å². The zero-order chi connectivity index (χ0) is 13.0. The number of carbonyl (C=O) groups is 1. The van der Waals surface area contributed by atoms with Crippen LogP contribution in [0.25, 0.3) is 0 Å². The number of nitrogens with one attached hydrogen (secondary N) is 1. The second-order valence-corrected chi connectivity index (χ2v) is 4.58. The summed E-state index contributed by atoms with van der Waals surface area (Å²) in [5.74, 6) is -0.373. The summed E-state index contributed by atoms with van der Waals surface area (Å²) in [4.78, 5) is 11.8. The van der Waals surface area contributed by atoms with Crippen molar-refractivity contribution in [3.05, 3.63) is 23.8 Å². The molecule has 0 aromatic heterocycles. The van der Waals surface area contributed by atoms with Crippen molar-refractivity contribution < 1.29 is 22.7 Å². The van der Waals surface area contributed by atoms with Crippen molar-refractivity contribution in [3.8, 4) is 5.75 Å². The second kappa shape index (κ2) is 3.40. The molecule has 0 atom stereocenters. The van der Waals surface area contributed by atoms with Crippen molar-refractivity contribution >= 4 is 11.6 Å². The summed E-state index contributed by atoms with van der Waals surface area (Å²) < 4.78 is 43.8. The Morgan fingerprint density at radius 3 is 2.56 bits per heavy atom. The van der Waals surface area contributed by atoms with E-state index < -0.39 is 23.2 Å². The molecule has 1 aliphatic carbocycles. The highest BCUT2D eigenvalue weighted by Crippen LogP contribution is 2.47. The third kappa shape index (κ3) is 1.48. The minimum Gasteiger partial charge on any atom is -0.475 e. The fourth-order valence-electron chi connectivity index (χ4n) is 2.29. The van der Waals surface area contributed by atoms with Gasteiger partial charge < -0.3 is 10.1 Å². The predicted molar refractivity (Wildman–Crippen MR) is 57.3 cm³/mol. The number of rotatable bonds is 0. The first kappa shape index (κ1) is 11.4. The molecule has 18 heavy (non-hydrogen) atoms. The van der Waals surface area contributed by atoms with Gasteiger partial charge in [0.25, 0.3) is 5.91 Å². The Labute approximate surface area is 101 Å². The number of hydrogen-bond acceptors (Lipinski definition) is 2. The summed E-state index contributed by atoms with van der Waals surface area (Å²) >= 11 is 0. The molecule has 1 aromatic carbocycles. The summed E-state index contributed by atoms with van der Waals surface area (Å²) in [6.45, 7) is 0. The highest BCUT2D eigenvalue weighted by atomic mass is 19.4. The van der Waals surface area contributed by atoms with E-state index >= 15 is 0 Å². The molecule has 0 saturated heterocycles. The van der Waals surface area contributed by atoms with Gasteiger partial charge >= 0.3 is 6.18 Å². The predicted octanol–water partition coefficient (Wildman–Crippen LogP) is 2.96. The number of hydrogen-bond donors (Lipinski definition) is 1. The Kier molecular flexibility index (Phi) is 2.15. The molecule has 96 valence electrons. The van der Waals surface area contributed by atoms with Crippen molar-refractivity contribution in [1.82, 2.24) is 0 Å². The van der Waals surface area contributed by atoms with Gasteiger partial charge in [-0.1, -0.05) is 6.07 Å². The molecule has 2 aliphatic rings. The third-order valence-electron chi connectivity index (χ3n) is 3.45. The highest BCUT2D eigenvalue weighted by molar-refractivity contribution is 6.02. The number of benzene rings is 1. The Hall–Kier alpha value is -1.72. The topological polar surface area (TPSA) is 38.3 Å². The molecule has 3 rings (SSSR count). The van der Waals surface area contributed by atoms with Crippen LogP contribution in [0.3, 0.4) is 0 Å². The van der Waals surface area contributed by atoms with E-state index in [0.29, 0.717) is 12.8 Å². The zero-order valence-electron chi connectivity index (χ0n) is 9.30. The molecule has 6 heteroatoms. The number of alkyl halides is 3. The Morgan fingerprint density at radius 2 is 2.00 bits per heavy atom. The van der Waals surface area contributed by atoms with Gasteiger partial charge in [0.15, 0.2) is 5.60 Å². The third-order valence-corrected chi connectivity index (χ3v) is 3.45. The van der Waals surface area contributed by atoms with E-state index in [4.69, 9.17) is 4.74 Å². The molecule has 3 nitrogen and oxygen atoms in total. The average Bonchev–Trinajstić information content (AvgIpc) is 2.23. The smallest absolute Gasteiger partial charge is 0.418 e. The van der Waals surface area contributed by atoms with Gasteiger partial charge in [0, 0.05) is 0 Å². The Balaban J connectivity index is 2.07. The molecule has 1 aromatic rings. The summed E-state index contributed by atoms with van der Waals surface area (Å²) in [5, 5.41) is 2.34. The Bertz CT molecular complexity index is 521. The van der Waals surface area contributed by atoms with Crippen molar-refractivity contribution in [1.29, 1.82) is 0 Å². The summed E-state index contributed by atoms with van der Waals surface area (Å²) in [6.07, 6.45) is -2.56. The van der Waals surface area contributed by atoms with Crippen LogP contribution >= 0.6 is 0 Å². The number of carbonyl (C=O) groups excluding carboxylic acids is 1. The SMILES string of the molecule is O=C1Nc2c(cccc2C(F)(F)F)OC12CCC2. The summed E-state index contributed by atoms with van der Waals surface area (Å²) in [6, 6.07) is 3.66. The van der Waals surface area contributed by atoms with Crippen molar-refractivity contribution in [2.75, 3.05) is 5.32 Å². The highest BCUT2D eigenvalue weighted by Gasteiger charge is 2.51. The van der Waals surface area contributed by atoms with Crippen LogP contribution in [0.2, 0.25) is 0 Å². The largest absolute Gasteiger partial charge is 0.475 e. The molecule has 1 amide bonds. The maximum atomic E-state index is 12.8. The first-order valence-electron chi connectivity index (χ1n) is 5.63. The molecular formula is C12H10F3NO2. The van der Waals surface area contributed by atoms with Crippen LogP contribution in [-0.4, -0.2) is 11.5 Å². The lowest BCUT2D eigenvalue weighted by Crippen LogP contribution is -2.55. The number of ether oxygens (including phenoxy) is 1. The summed E-state index contributed by atoms with van der Waals surface area (Å²) in [5.41, 5.74) is -2.09. The molecular weight excluding hydrogens is 247 g/mol. The van der Waals surface area contributed by atoms with Crippen LogP contribution in [0.5, 0.6) is 5.75 Å². The number of fused-ring (bicyclic) bond motifs is 1. The van der Waals surface area contributed by atoms with E-state index in [0.717, 1.165) is 12.5 Å². The lowest BCUT2D eigenvalue weighted by atomic mass is 9.78.